The van der Waals surface area contributed by atoms with E-state index in [-0.39, 0.29) is 48.0 Å². The minimum atomic E-state index is -4.36. The summed E-state index contributed by atoms with van der Waals surface area (Å²) < 4.78 is 57.9. The predicted octanol–water partition coefficient (Wildman–Crippen LogP) is -2.68. The van der Waals surface area contributed by atoms with Crippen LogP contribution in [-0.4, -0.2) is 39.5 Å². The largest absolute Gasteiger partial charge is 1.00 e. The Bertz CT molecular complexity index is 406. The van der Waals surface area contributed by atoms with Gasteiger partial charge in [-0.05, 0) is 11.8 Å². The van der Waals surface area contributed by atoms with Gasteiger partial charge in [0.25, 0.3) is 10.1 Å². The van der Waals surface area contributed by atoms with Gasteiger partial charge >= 0.3 is 29.6 Å². The summed E-state index contributed by atoms with van der Waals surface area (Å²) in [5.74, 6) is -1.14. The van der Waals surface area contributed by atoms with Gasteiger partial charge in [0.2, 0.25) is 0 Å². The van der Waals surface area contributed by atoms with Gasteiger partial charge in [-0.3, -0.25) is 4.18 Å². The molecule has 0 saturated carbocycles. The van der Waals surface area contributed by atoms with Gasteiger partial charge in [0.15, 0.2) is 0 Å². The third kappa shape index (κ3) is 14.8. The standard InChI is InChI=1S/C8H18O6S2.Na/c1-8(2,3)7-14-16(12,13)6-4-5-15(9,10)11;/h4-7H2,1-3H3,(H,9,10,11);/q;+1/p-1. The summed E-state index contributed by atoms with van der Waals surface area (Å²) in [6.45, 7) is 5.46. The Labute approximate surface area is 125 Å². The van der Waals surface area contributed by atoms with Crippen molar-refractivity contribution in [1.82, 2.24) is 0 Å². The molecule has 0 radical (unpaired) electrons. The zero-order chi connectivity index (χ0) is 13.0. The van der Waals surface area contributed by atoms with Crippen LogP contribution in [0, 0.1) is 5.41 Å². The molecule has 0 heterocycles. The molecule has 0 aromatic heterocycles. The van der Waals surface area contributed by atoms with Crippen molar-refractivity contribution in [1.29, 1.82) is 0 Å². The summed E-state index contributed by atoms with van der Waals surface area (Å²) in [4.78, 5) is 0. The minimum Gasteiger partial charge on any atom is -0.748 e. The first-order chi connectivity index (χ1) is 6.91. The fourth-order valence-electron chi connectivity index (χ4n) is 0.738. The topological polar surface area (TPSA) is 101 Å². The molecule has 0 rings (SSSR count). The van der Waals surface area contributed by atoms with Crippen molar-refractivity contribution in [2.75, 3.05) is 18.1 Å². The summed E-state index contributed by atoms with van der Waals surface area (Å²) in [6, 6.07) is 0. The van der Waals surface area contributed by atoms with Crippen LogP contribution in [-0.2, 0) is 24.4 Å². The number of rotatable bonds is 6. The van der Waals surface area contributed by atoms with Crippen LogP contribution in [0.15, 0.2) is 0 Å². The third-order valence-corrected chi connectivity index (χ3v) is 3.51. The zero-order valence-corrected chi connectivity index (χ0v) is 14.2. The molecular formula is C8H17NaO6S2. The molecule has 0 amide bonds. The van der Waals surface area contributed by atoms with E-state index in [1.807, 2.05) is 20.8 Å². The second-order valence-electron chi connectivity index (χ2n) is 4.70. The van der Waals surface area contributed by atoms with E-state index in [1.165, 1.54) is 0 Å². The summed E-state index contributed by atoms with van der Waals surface area (Å²) in [5.41, 5.74) is -0.294. The van der Waals surface area contributed by atoms with Crippen LogP contribution < -0.4 is 29.6 Å². The van der Waals surface area contributed by atoms with E-state index in [9.17, 15) is 21.4 Å². The Balaban J connectivity index is 0. The van der Waals surface area contributed by atoms with E-state index in [0.717, 1.165) is 0 Å². The van der Waals surface area contributed by atoms with E-state index in [0.29, 0.717) is 0 Å². The average molecular weight is 296 g/mol. The Kier molecular flexibility index (Phi) is 8.79. The predicted molar refractivity (Wildman–Crippen MR) is 58.4 cm³/mol. The summed E-state index contributed by atoms with van der Waals surface area (Å²) >= 11 is 0. The van der Waals surface area contributed by atoms with Gasteiger partial charge in [0.1, 0.15) is 0 Å². The second-order valence-corrected chi connectivity index (χ2v) is 7.98. The normalized spacial score (nSPS) is 13.2. The van der Waals surface area contributed by atoms with Crippen molar-refractivity contribution in [3.8, 4) is 0 Å². The van der Waals surface area contributed by atoms with E-state index < -0.39 is 31.7 Å². The molecule has 9 heteroatoms. The van der Waals surface area contributed by atoms with Crippen LogP contribution >= 0.6 is 0 Å². The van der Waals surface area contributed by atoms with Crippen molar-refractivity contribution in [2.45, 2.75) is 27.2 Å². The molecule has 0 bridgehead atoms. The molecule has 0 unspecified atom stereocenters. The third-order valence-electron chi connectivity index (χ3n) is 1.46. The van der Waals surface area contributed by atoms with Crippen molar-refractivity contribution < 1.29 is 55.1 Å². The molecule has 0 atom stereocenters. The maximum Gasteiger partial charge on any atom is 1.00 e. The van der Waals surface area contributed by atoms with E-state index in [4.69, 9.17) is 0 Å². The Hall–Kier alpha value is 0.820. The van der Waals surface area contributed by atoms with Crippen molar-refractivity contribution >= 4 is 20.2 Å². The van der Waals surface area contributed by atoms with Gasteiger partial charge in [0.05, 0.1) is 22.5 Å². The molecular weight excluding hydrogens is 279 g/mol. The first-order valence-electron chi connectivity index (χ1n) is 4.72. The van der Waals surface area contributed by atoms with Crippen LogP contribution in [0.25, 0.3) is 0 Å². The smallest absolute Gasteiger partial charge is 0.748 e. The Morgan fingerprint density at radius 2 is 1.53 bits per heavy atom. The Morgan fingerprint density at radius 3 is 1.88 bits per heavy atom. The number of hydrogen-bond donors (Lipinski definition) is 0. The van der Waals surface area contributed by atoms with Gasteiger partial charge < -0.3 is 4.55 Å². The van der Waals surface area contributed by atoms with Crippen LogP contribution in [0.4, 0.5) is 0 Å². The van der Waals surface area contributed by atoms with Crippen LogP contribution in [0.2, 0.25) is 0 Å². The fraction of sp³-hybridized carbons (Fsp3) is 1.00. The van der Waals surface area contributed by atoms with Gasteiger partial charge in [0, 0.05) is 5.75 Å². The minimum absolute atomic E-state index is 0. The SMILES string of the molecule is CC(C)(C)COS(=O)(=O)CCCS(=O)(=O)[O-].[Na+]. The molecule has 0 spiro atoms. The van der Waals surface area contributed by atoms with E-state index in [2.05, 4.69) is 4.18 Å². The van der Waals surface area contributed by atoms with Gasteiger partial charge in [-0.25, -0.2) is 8.42 Å². The molecule has 0 aromatic rings. The molecule has 0 fully saturated rings. The quantitative estimate of drug-likeness (QED) is 0.301. The molecule has 0 N–H and O–H groups in total. The summed E-state index contributed by atoms with van der Waals surface area (Å²) in [7, 11) is -8.10. The first kappa shape index (κ1) is 20.1. The van der Waals surface area contributed by atoms with Gasteiger partial charge in [-0.15, -0.1) is 0 Å². The van der Waals surface area contributed by atoms with Gasteiger partial charge in [-0.2, -0.15) is 8.42 Å². The van der Waals surface area contributed by atoms with Crippen molar-refractivity contribution in [3.05, 3.63) is 0 Å². The molecule has 0 aliphatic carbocycles. The average Bonchev–Trinajstić information content (AvgIpc) is 1.97. The molecule has 0 aromatic carbocycles. The molecule has 0 aliphatic rings. The van der Waals surface area contributed by atoms with Crippen LogP contribution in [0.1, 0.15) is 27.2 Å². The molecule has 6 nitrogen and oxygen atoms in total. The zero-order valence-electron chi connectivity index (χ0n) is 10.6. The maximum absolute atomic E-state index is 11.2. The molecule has 0 saturated heterocycles. The molecule has 17 heavy (non-hydrogen) atoms. The molecule has 0 aliphatic heterocycles. The van der Waals surface area contributed by atoms with Crippen LogP contribution in [0.3, 0.4) is 0 Å². The maximum atomic E-state index is 11.2. The molecule has 98 valence electrons. The van der Waals surface area contributed by atoms with E-state index >= 15 is 0 Å². The van der Waals surface area contributed by atoms with Gasteiger partial charge in [-0.1, -0.05) is 20.8 Å². The fourth-order valence-corrected chi connectivity index (χ4v) is 2.57. The monoisotopic (exact) mass is 296 g/mol. The van der Waals surface area contributed by atoms with Crippen molar-refractivity contribution in [3.63, 3.8) is 0 Å². The summed E-state index contributed by atoms with van der Waals surface area (Å²) in [5, 5.41) is 0. The second kappa shape index (κ2) is 7.42. The van der Waals surface area contributed by atoms with Crippen LogP contribution in [0.5, 0.6) is 0 Å². The summed E-state index contributed by atoms with van der Waals surface area (Å²) in [6.07, 6.45) is -0.238. The number of hydrogen-bond acceptors (Lipinski definition) is 6. The van der Waals surface area contributed by atoms with Crippen molar-refractivity contribution in [2.24, 2.45) is 5.41 Å². The van der Waals surface area contributed by atoms with E-state index in [1.54, 1.807) is 0 Å². The Morgan fingerprint density at radius 1 is 1.06 bits per heavy atom. The first-order valence-corrected chi connectivity index (χ1v) is 7.87.